The predicted octanol–water partition coefficient (Wildman–Crippen LogP) is 4.00. The number of nitrogens with one attached hydrogen (secondary N) is 1. The lowest BCUT2D eigenvalue weighted by Crippen LogP contribution is -2.24. The van der Waals surface area contributed by atoms with Crippen molar-refractivity contribution in [3.05, 3.63) is 70.2 Å². The Morgan fingerprint density at radius 2 is 1.75 bits per heavy atom. The first-order valence-corrected chi connectivity index (χ1v) is 8.32. The standard InChI is InChI=1S/C16H16BrNOS/c17-15-9-5-4-8-14(15)11-20-12-16(19)18-10-13-6-2-1-3-7-13/h1-9H,10-12H2,(H,18,19). The SMILES string of the molecule is O=C(CSCc1ccccc1Br)NCc1ccccc1. The monoisotopic (exact) mass is 349 g/mol. The summed E-state index contributed by atoms with van der Waals surface area (Å²) in [7, 11) is 0. The molecule has 0 spiro atoms. The normalized spacial score (nSPS) is 10.2. The summed E-state index contributed by atoms with van der Waals surface area (Å²) in [5.74, 6) is 1.39. The maximum Gasteiger partial charge on any atom is 0.230 e. The maximum atomic E-state index is 11.7. The van der Waals surface area contributed by atoms with E-state index in [1.165, 1.54) is 5.56 Å². The molecule has 2 rings (SSSR count). The summed E-state index contributed by atoms with van der Waals surface area (Å²) < 4.78 is 1.09. The quantitative estimate of drug-likeness (QED) is 0.853. The third-order valence-electron chi connectivity index (χ3n) is 2.78. The molecule has 0 saturated heterocycles. The molecule has 2 aromatic rings. The van der Waals surface area contributed by atoms with Gasteiger partial charge in [0.15, 0.2) is 0 Å². The molecule has 20 heavy (non-hydrogen) atoms. The minimum atomic E-state index is 0.0749. The predicted molar refractivity (Wildman–Crippen MR) is 88.6 cm³/mol. The fourth-order valence-electron chi connectivity index (χ4n) is 1.72. The van der Waals surface area contributed by atoms with Crippen molar-refractivity contribution in [2.75, 3.05) is 5.75 Å². The molecule has 1 N–H and O–H groups in total. The van der Waals surface area contributed by atoms with Crippen molar-refractivity contribution in [2.24, 2.45) is 0 Å². The molecule has 0 aliphatic heterocycles. The molecule has 0 unspecified atom stereocenters. The fraction of sp³-hybridized carbons (Fsp3) is 0.188. The van der Waals surface area contributed by atoms with Crippen molar-refractivity contribution < 1.29 is 4.79 Å². The Morgan fingerprint density at radius 1 is 1.05 bits per heavy atom. The van der Waals surface area contributed by atoms with Crippen LogP contribution in [0.15, 0.2) is 59.1 Å². The summed E-state index contributed by atoms with van der Waals surface area (Å²) in [5, 5.41) is 2.93. The van der Waals surface area contributed by atoms with Crippen molar-refractivity contribution in [3.8, 4) is 0 Å². The molecule has 0 aliphatic rings. The highest BCUT2D eigenvalue weighted by Gasteiger charge is 2.03. The highest BCUT2D eigenvalue weighted by atomic mass is 79.9. The van der Waals surface area contributed by atoms with Gasteiger partial charge in [-0.05, 0) is 17.2 Å². The molecule has 0 radical (unpaired) electrons. The second-order valence-electron chi connectivity index (χ2n) is 4.35. The van der Waals surface area contributed by atoms with Crippen LogP contribution in [0, 0.1) is 0 Å². The van der Waals surface area contributed by atoms with Crippen LogP contribution in [0.1, 0.15) is 11.1 Å². The first-order chi connectivity index (χ1) is 9.75. The maximum absolute atomic E-state index is 11.7. The summed E-state index contributed by atoms with van der Waals surface area (Å²) in [6.07, 6.45) is 0. The van der Waals surface area contributed by atoms with E-state index in [0.717, 1.165) is 15.8 Å². The van der Waals surface area contributed by atoms with Gasteiger partial charge in [-0.2, -0.15) is 0 Å². The van der Waals surface area contributed by atoms with Crippen LogP contribution >= 0.6 is 27.7 Å². The second kappa shape index (κ2) is 8.12. The largest absolute Gasteiger partial charge is 0.351 e. The Balaban J connectivity index is 1.69. The molecule has 0 aromatic heterocycles. The van der Waals surface area contributed by atoms with E-state index in [4.69, 9.17) is 0 Å². The number of thioether (sulfide) groups is 1. The van der Waals surface area contributed by atoms with Crippen molar-refractivity contribution in [1.82, 2.24) is 5.32 Å². The van der Waals surface area contributed by atoms with Gasteiger partial charge in [-0.3, -0.25) is 4.79 Å². The van der Waals surface area contributed by atoms with Crippen LogP contribution in [-0.2, 0) is 17.1 Å². The lowest BCUT2D eigenvalue weighted by atomic mass is 10.2. The van der Waals surface area contributed by atoms with Gasteiger partial charge >= 0.3 is 0 Å². The van der Waals surface area contributed by atoms with Crippen LogP contribution in [-0.4, -0.2) is 11.7 Å². The van der Waals surface area contributed by atoms with Gasteiger partial charge in [0.1, 0.15) is 0 Å². The molecule has 4 heteroatoms. The molecule has 0 heterocycles. The van der Waals surface area contributed by atoms with Crippen LogP contribution in [0.2, 0.25) is 0 Å². The third kappa shape index (κ3) is 5.02. The zero-order valence-electron chi connectivity index (χ0n) is 11.0. The Labute approximate surface area is 132 Å². The molecule has 1 amide bonds. The molecule has 104 valence electrons. The average Bonchev–Trinajstić information content (AvgIpc) is 2.48. The lowest BCUT2D eigenvalue weighted by Gasteiger charge is -2.06. The highest BCUT2D eigenvalue weighted by Crippen LogP contribution is 2.21. The minimum absolute atomic E-state index is 0.0749. The topological polar surface area (TPSA) is 29.1 Å². The zero-order valence-corrected chi connectivity index (χ0v) is 13.4. The van der Waals surface area contributed by atoms with Crippen molar-refractivity contribution in [3.63, 3.8) is 0 Å². The van der Waals surface area contributed by atoms with E-state index in [2.05, 4.69) is 27.3 Å². The van der Waals surface area contributed by atoms with Crippen LogP contribution in [0.3, 0.4) is 0 Å². The first kappa shape index (κ1) is 15.1. The van der Waals surface area contributed by atoms with E-state index in [1.807, 2.05) is 48.5 Å². The molecular weight excluding hydrogens is 334 g/mol. The second-order valence-corrected chi connectivity index (χ2v) is 6.19. The van der Waals surface area contributed by atoms with Gasteiger partial charge in [0.25, 0.3) is 0 Å². The van der Waals surface area contributed by atoms with Gasteiger partial charge in [0.05, 0.1) is 5.75 Å². The minimum Gasteiger partial charge on any atom is -0.351 e. The number of hydrogen-bond donors (Lipinski definition) is 1. The number of rotatable bonds is 6. The van der Waals surface area contributed by atoms with E-state index in [0.29, 0.717) is 12.3 Å². The first-order valence-electron chi connectivity index (χ1n) is 6.37. The fourth-order valence-corrected chi connectivity index (χ4v) is 3.19. The highest BCUT2D eigenvalue weighted by molar-refractivity contribution is 9.10. The van der Waals surface area contributed by atoms with E-state index in [9.17, 15) is 4.79 Å². The van der Waals surface area contributed by atoms with Crippen molar-refractivity contribution >= 4 is 33.6 Å². The Bertz CT molecular complexity index is 559. The molecule has 0 saturated carbocycles. The van der Waals surface area contributed by atoms with Crippen LogP contribution in [0.5, 0.6) is 0 Å². The summed E-state index contributed by atoms with van der Waals surface area (Å²) >= 11 is 5.13. The summed E-state index contributed by atoms with van der Waals surface area (Å²) in [4.78, 5) is 11.7. The number of benzene rings is 2. The van der Waals surface area contributed by atoms with E-state index in [1.54, 1.807) is 11.8 Å². The third-order valence-corrected chi connectivity index (χ3v) is 4.54. The van der Waals surface area contributed by atoms with Gasteiger partial charge in [-0.1, -0.05) is 64.5 Å². The average molecular weight is 350 g/mol. The number of carbonyl (C=O) groups is 1. The lowest BCUT2D eigenvalue weighted by molar-refractivity contribution is -0.118. The van der Waals surface area contributed by atoms with E-state index in [-0.39, 0.29) is 5.91 Å². The van der Waals surface area contributed by atoms with Gasteiger partial charge in [0.2, 0.25) is 5.91 Å². The molecule has 0 atom stereocenters. The van der Waals surface area contributed by atoms with Crippen LogP contribution < -0.4 is 5.32 Å². The van der Waals surface area contributed by atoms with Gasteiger partial charge in [-0.15, -0.1) is 11.8 Å². The van der Waals surface area contributed by atoms with Gasteiger partial charge in [-0.25, -0.2) is 0 Å². The van der Waals surface area contributed by atoms with Crippen LogP contribution in [0.25, 0.3) is 0 Å². The Hall–Kier alpha value is -1.26. The van der Waals surface area contributed by atoms with E-state index >= 15 is 0 Å². The molecule has 2 aromatic carbocycles. The van der Waals surface area contributed by atoms with Crippen molar-refractivity contribution in [1.29, 1.82) is 0 Å². The van der Waals surface area contributed by atoms with Gasteiger partial charge in [0, 0.05) is 16.8 Å². The summed E-state index contributed by atoms with van der Waals surface area (Å²) in [5.41, 5.74) is 2.34. The smallest absolute Gasteiger partial charge is 0.230 e. The number of carbonyl (C=O) groups excluding carboxylic acids is 1. The molecule has 0 bridgehead atoms. The number of hydrogen-bond acceptors (Lipinski definition) is 2. The summed E-state index contributed by atoms with van der Waals surface area (Å²) in [6.45, 7) is 0.593. The van der Waals surface area contributed by atoms with Crippen LogP contribution in [0.4, 0.5) is 0 Å². The Morgan fingerprint density at radius 3 is 2.50 bits per heavy atom. The number of amides is 1. The zero-order chi connectivity index (χ0) is 14.2. The molecule has 0 fully saturated rings. The molecular formula is C16H16BrNOS. The molecule has 2 nitrogen and oxygen atoms in total. The van der Waals surface area contributed by atoms with E-state index < -0.39 is 0 Å². The number of halogens is 1. The van der Waals surface area contributed by atoms with Gasteiger partial charge < -0.3 is 5.32 Å². The molecule has 0 aliphatic carbocycles. The summed E-state index contributed by atoms with van der Waals surface area (Å²) in [6, 6.07) is 18.0. The van der Waals surface area contributed by atoms with Crippen molar-refractivity contribution in [2.45, 2.75) is 12.3 Å². The Kier molecular flexibility index (Phi) is 6.15.